The zero-order valence-corrected chi connectivity index (χ0v) is 10.4. The molecule has 0 spiro atoms. The first kappa shape index (κ1) is 13.2. The van der Waals surface area contributed by atoms with E-state index in [1.165, 1.54) is 0 Å². The maximum Gasteiger partial charge on any atom is 0.150 e. The summed E-state index contributed by atoms with van der Waals surface area (Å²) in [5, 5.41) is 0. The molecule has 1 atom stereocenters. The summed E-state index contributed by atoms with van der Waals surface area (Å²) in [6.45, 7) is 2.96. The second kappa shape index (κ2) is 6.00. The minimum absolute atomic E-state index is 0.0400. The quantitative estimate of drug-likeness (QED) is 0.748. The van der Waals surface area contributed by atoms with Gasteiger partial charge in [0.05, 0.1) is 17.8 Å². The molecule has 0 aromatic carbocycles. The van der Waals surface area contributed by atoms with Crippen molar-refractivity contribution in [2.45, 2.75) is 19.9 Å². The van der Waals surface area contributed by atoms with E-state index in [1.54, 1.807) is 12.5 Å². The Morgan fingerprint density at radius 2 is 2.25 bits per heavy atom. The monoisotopic (exact) mass is 245 g/mol. The van der Waals surface area contributed by atoms with Crippen molar-refractivity contribution in [1.82, 2.24) is 9.55 Å². The van der Waals surface area contributed by atoms with Crippen molar-refractivity contribution in [1.29, 1.82) is 0 Å². The molecule has 0 amide bonds. The number of sulfone groups is 1. The minimum Gasteiger partial charge on any atom is -0.337 e. The van der Waals surface area contributed by atoms with Crippen LogP contribution in [-0.4, -0.2) is 36.0 Å². The molecule has 0 aliphatic carbocycles. The summed E-state index contributed by atoms with van der Waals surface area (Å²) >= 11 is 0. The van der Waals surface area contributed by atoms with E-state index in [1.807, 2.05) is 17.7 Å². The maximum absolute atomic E-state index is 11.6. The lowest BCUT2D eigenvalue weighted by atomic mass is 10.2. The molecular formula is C10H19N3O2S. The molecule has 6 heteroatoms. The Kier molecular flexibility index (Phi) is 4.95. The first-order chi connectivity index (χ1) is 7.53. The van der Waals surface area contributed by atoms with E-state index < -0.39 is 9.84 Å². The molecule has 5 nitrogen and oxygen atoms in total. The topological polar surface area (TPSA) is 78.0 Å². The second-order valence-corrected chi connectivity index (χ2v) is 6.34. The molecule has 0 aliphatic heterocycles. The van der Waals surface area contributed by atoms with Gasteiger partial charge in [0.2, 0.25) is 0 Å². The van der Waals surface area contributed by atoms with Crippen LogP contribution in [0.3, 0.4) is 0 Å². The average Bonchev–Trinajstić information content (AvgIpc) is 2.69. The summed E-state index contributed by atoms with van der Waals surface area (Å²) in [5.41, 5.74) is 5.41. The molecule has 1 heterocycles. The van der Waals surface area contributed by atoms with Gasteiger partial charge in [-0.1, -0.05) is 6.92 Å². The van der Waals surface area contributed by atoms with E-state index >= 15 is 0 Å². The fraction of sp³-hybridized carbons (Fsp3) is 0.700. The Morgan fingerprint density at radius 3 is 2.81 bits per heavy atom. The van der Waals surface area contributed by atoms with Crippen molar-refractivity contribution in [2.24, 2.45) is 11.7 Å². The third-order valence-electron chi connectivity index (χ3n) is 2.37. The number of rotatable bonds is 7. The van der Waals surface area contributed by atoms with Crippen molar-refractivity contribution in [2.75, 3.05) is 18.1 Å². The Morgan fingerprint density at radius 1 is 1.50 bits per heavy atom. The fourth-order valence-corrected chi connectivity index (χ4v) is 3.21. The van der Waals surface area contributed by atoms with Crippen LogP contribution in [0.25, 0.3) is 0 Å². The molecule has 0 saturated heterocycles. The molecule has 0 fully saturated rings. The van der Waals surface area contributed by atoms with Crippen molar-refractivity contribution in [3.63, 3.8) is 0 Å². The fourth-order valence-electron chi connectivity index (χ4n) is 1.47. The molecule has 0 bridgehead atoms. The number of nitrogens with two attached hydrogens (primary N) is 1. The molecule has 2 N–H and O–H groups in total. The zero-order chi connectivity index (χ0) is 12.0. The van der Waals surface area contributed by atoms with Gasteiger partial charge in [-0.3, -0.25) is 0 Å². The molecule has 1 aromatic heterocycles. The van der Waals surface area contributed by atoms with Gasteiger partial charge in [0.1, 0.15) is 0 Å². The van der Waals surface area contributed by atoms with Crippen LogP contribution in [-0.2, 0) is 16.4 Å². The molecule has 1 rings (SSSR count). The summed E-state index contributed by atoms with van der Waals surface area (Å²) in [7, 11) is -2.96. The number of hydrogen-bond acceptors (Lipinski definition) is 4. The third kappa shape index (κ3) is 4.76. The normalized spacial score (nSPS) is 13.9. The summed E-state index contributed by atoms with van der Waals surface area (Å²) in [6.07, 6.45) is 5.82. The van der Waals surface area contributed by atoms with Crippen molar-refractivity contribution in [3.05, 3.63) is 18.7 Å². The van der Waals surface area contributed by atoms with Crippen LogP contribution in [0.2, 0.25) is 0 Å². The largest absolute Gasteiger partial charge is 0.337 e. The van der Waals surface area contributed by atoms with Gasteiger partial charge in [-0.25, -0.2) is 13.4 Å². The molecule has 0 radical (unpaired) electrons. The van der Waals surface area contributed by atoms with Gasteiger partial charge < -0.3 is 10.3 Å². The summed E-state index contributed by atoms with van der Waals surface area (Å²) in [6, 6.07) is 0. The Labute approximate surface area is 96.6 Å². The average molecular weight is 245 g/mol. The van der Waals surface area contributed by atoms with E-state index in [0.717, 1.165) is 0 Å². The summed E-state index contributed by atoms with van der Waals surface area (Å²) in [4.78, 5) is 3.90. The van der Waals surface area contributed by atoms with Crippen molar-refractivity contribution >= 4 is 9.84 Å². The van der Waals surface area contributed by atoms with Crippen LogP contribution in [0, 0.1) is 5.92 Å². The highest BCUT2D eigenvalue weighted by atomic mass is 32.2. The first-order valence-corrected chi connectivity index (χ1v) is 7.22. The van der Waals surface area contributed by atoms with Crippen LogP contribution in [0.5, 0.6) is 0 Å². The molecule has 92 valence electrons. The summed E-state index contributed by atoms with van der Waals surface area (Å²) < 4.78 is 25.2. The minimum atomic E-state index is -2.96. The van der Waals surface area contributed by atoms with Crippen LogP contribution < -0.4 is 5.73 Å². The Bertz CT molecular complexity index is 386. The highest BCUT2D eigenvalue weighted by molar-refractivity contribution is 7.91. The van der Waals surface area contributed by atoms with Crippen molar-refractivity contribution in [3.8, 4) is 0 Å². The van der Waals surface area contributed by atoms with E-state index in [0.29, 0.717) is 19.5 Å². The predicted octanol–water partition coefficient (Wildman–Crippen LogP) is 0.283. The lowest BCUT2D eigenvalue weighted by Crippen LogP contribution is -2.23. The molecular weight excluding hydrogens is 226 g/mol. The smallest absolute Gasteiger partial charge is 0.150 e. The number of imidazole rings is 1. The van der Waals surface area contributed by atoms with Crippen LogP contribution in [0.15, 0.2) is 18.7 Å². The van der Waals surface area contributed by atoms with Gasteiger partial charge in [-0.15, -0.1) is 0 Å². The van der Waals surface area contributed by atoms with Crippen LogP contribution >= 0.6 is 0 Å². The Balaban J connectivity index is 2.31. The number of hydrogen-bond donors (Lipinski definition) is 1. The summed E-state index contributed by atoms with van der Waals surface area (Å²) in [5.74, 6) is 0.446. The maximum atomic E-state index is 11.6. The zero-order valence-electron chi connectivity index (χ0n) is 9.54. The predicted molar refractivity (Wildman–Crippen MR) is 63.7 cm³/mol. The number of aryl methyl sites for hydroxylation is 1. The molecule has 1 unspecified atom stereocenters. The van der Waals surface area contributed by atoms with Crippen LogP contribution in [0.4, 0.5) is 0 Å². The molecule has 1 aromatic rings. The highest BCUT2D eigenvalue weighted by Gasteiger charge is 2.14. The van der Waals surface area contributed by atoms with Gasteiger partial charge in [0, 0.05) is 18.9 Å². The molecule has 16 heavy (non-hydrogen) atoms. The van der Waals surface area contributed by atoms with E-state index in [-0.39, 0.29) is 17.4 Å². The van der Waals surface area contributed by atoms with Gasteiger partial charge >= 0.3 is 0 Å². The Hall–Kier alpha value is -0.880. The first-order valence-electron chi connectivity index (χ1n) is 5.40. The lowest BCUT2D eigenvalue weighted by Gasteiger charge is -2.09. The highest BCUT2D eigenvalue weighted by Crippen LogP contribution is 2.03. The number of aromatic nitrogens is 2. The third-order valence-corrected chi connectivity index (χ3v) is 4.36. The molecule has 0 saturated carbocycles. The molecule has 0 aliphatic rings. The SMILES string of the molecule is CC(CN)CS(=O)(=O)CCCn1ccnc1. The van der Waals surface area contributed by atoms with Crippen molar-refractivity contribution < 1.29 is 8.42 Å². The van der Waals surface area contributed by atoms with Gasteiger partial charge in [0.25, 0.3) is 0 Å². The van der Waals surface area contributed by atoms with E-state index in [4.69, 9.17) is 5.73 Å². The second-order valence-electron chi connectivity index (χ2n) is 4.11. The van der Waals surface area contributed by atoms with Gasteiger partial charge in [-0.2, -0.15) is 0 Å². The van der Waals surface area contributed by atoms with E-state index in [9.17, 15) is 8.42 Å². The standard InChI is InChI=1S/C10H19N3O2S/c1-10(7-11)8-16(14,15)6-2-4-13-5-3-12-9-13/h3,5,9-10H,2,4,6-8,11H2,1H3. The lowest BCUT2D eigenvalue weighted by molar-refractivity contribution is 0.566. The van der Waals surface area contributed by atoms with E-state index in [2.05, 4.69) is 4.98 Å². The number of nitrogens with zero attached hydrogens (tertiary/aromatic N) is 2. The van der Waals surface area contributed by atoms with Gasteiger partial charge in [0.15, 0.2) is 9.84 Å². The van der Waals surface area contributed by atoms with Crippen LogP contribution in [0.1, 0.15) is 13.3 Å². The van der Waals surface area contributed by atoms with Gasteiger partial charge in [-0.05, 0) is 18.9 Å².